The summed E-state index contributed by atoms with van der Waals surface area (Å²) >= 11 is 0. The maximum atomic E-state index is 12.6. The van der Waals surface area contributed by atoms with Gasteiger partial charge in [0, 0.05) is 42.4 Å². The topological polar surface area (TPSA) is 150 Å². The summed E-state index contributed by atoms with van der Waals surface area (Å²) < 4.78 is 57.7. The number of aromatic nitrogens is 3. The second kappa shape index (κ2) is 13.7. The van der Waals surface area contributed by atoms with Gasteiger partial charge in [-0.25, -0.2) is 0 Å². The van der Waals surface area contributed by atoms with Crippen LogP contribution in [-0.4, -0.2) is 60.5 Å². The van der Waals surface area contributed by atoms with Crippen LogP contribution in [0.4, 0.5) is 18.9 Å². The first-order valence-electron chi connectivity index (χ1n) is 12.5. The minimum atomic E-state index is -4.85. The number of benzene rings is 2. The van der Waals surface area contributed by atoms with Crippen molar-refractivity contribution in [3.63, 3.8) is 0 Å². The molecule has 0 atom stereocenters. The van der Waals surface area contributed by atoms with E-state index in [1.807, 2.05) is 12.1 Å². The van der Waals surface area contributed by atoms with Crippen molar-refractivity contribution in [2.75, 3.05) is 38.2 Å². The molecule has 0 saturated carbocycles. The van der Waals surface area contributed by atoms with Gasteiger partial charge < -0.3 is 35.1 Å². The van der Waals surface area contributed by atoms with E-state index in [1.54, 1.807) is 18.7 Å². The molecule has 214 valence electrons. The van der Waals surface area contributed by atoms with Crippen LogP contribution in [0, 0.1) is 0 Å². The molecule has 0 spiro atoms. The first-order chi connectivity index (χ1) is 19.3. The number of nitrogens with two attached hydrogens (primary N) is 1. The number of H-pyrrole nitrogens is 1. The number of hydrogen-bond acceptors (Lipinski definition) is 9. The van der Waals surface area contributed by atoms with Crippen LogP contribution in [-0.2, 0) is 16.1 Å². The van der Waals surface area contributed by atoms with E-state index in [1.165, 1.54) is 12.1 Å². The number of rotatable bonds is 16. The van der Waals surface area contributed by atoms with E-state index in [-0.39, 0.29) is 12.3 Å². The number of aromatic amines is 1. The zero-order valence-electron chi connectivity index (χ0n) is 21.4. The molecule has 0 bridgehead atoms. The lowest BCUT2D eigenvalue weighted by atomic mass is 10.1. The van der Waals surface area contributed by atoms with Crippen molar-refractivity contribution in [2.24, 2.45) is 5.73 Å². The third-order valence-corrected chi connectivity index (χ3v) is 5.66. The van der Waals surface area contributed by atoms with Gasteiger partial charge in [0.25, 0.3) is 5.91 Å². The van der Waals surface area contributed by atoms with E-state index >= 15 is 0 Å². The Labute approximate surface area is 227 Å². The first kappa shape index (κ1) is 28.7. The quantitative estimate of drug-likeness (QED) is 0.149. The summed E-state index contributed by atoms with van der Waals surface area (Å²) in [6.07, 6.45) is 1.74. The lowest BCUT2D eigenvalue weighted by molar-refractivity contribution is -0.274. The summed E-state index contributed by atoms with van der Waals surface area (Å²) in [4.78, 5) is 10.9. The fourth-order valence-corrected chi connectivity index (χ4v) is 3.92. The summed E-state index contributed by atoms with van der Waals surface area (Å²) in [5, 5.41) is 18.4. The molecule has 0 aliphatic carbocycles. The number of primary amides is 1. The van der Waals surface area contributed by atoms with Gasteiger partial charge in [0.2, 0.25) is 0 Å². The van der Waals surface area contributed by atoms with Crippen LogP contribution in [0.3, 0.4) is 0 Å². The van der Waals surface area contributed by atoms with Crippen LogP contribution in [0.1, 0.15) is 18.4 Å². The normalized spacial score (nSPS) is 11.6. The second-order valence-electron chi connectivity index (χ2n) is 8.81. The molecule has 0 unspecified atom stereocenters. The fourth-order valence-electron chi connectivity index (χ4n) is 3.92. The first-order valence-corrected chi connectivity index (χ1v) is 12.5. The number of unbranched alkanes of at least 4 members (excludes halogenated alkanes) is 1. The van der Waals surface area contributed by atoms with Crippen molar-refractivity contribution >= 4 is 22.5 Å². The Morgan fingerprint density at radius 1 is 1.02 bits per heavy atom. The lowest BCUT2D eigenvalue weighted by Crippen LogP contribution is -2.21. The van der Waals surface area contributed by atoms with Gasteiger partial charge in [-0.1, -0.05) is 5.16 Å². The van der Waals surface area contributed by atoms with Gasteiger partial charge in [0.1, 0.15) is 17.8 Å². The van der Waals surface area contributed by atoms with Gasteiger partial charge in [0.15, 0.2) is 6.61 Å². The predicted octanol–water partition coefficient (Wildman–Crippen LogP) is 3.98. The highest BCUT2D eigenvalue weighted by Gasteiger charge is 2.31. The number of fused-ring (bicyclic) bond motifs is 1. The van der Waals surface area contributed by atoms with Crippen LogP contribution in [0.15, 0.2) is 53.5 Å². The molecule has 1 amide bonds. The molecule has 0 fully saturated rings. The number of nitrogens with one attached hydrogen (secondary N) is 3. The molecular formula is C26H29F3N6O5. The van der Waals surface area contributed by atoms with Crippen LogP contribution in [0.5, 0.6) is 11.5 Å². The van der Waals surface area contributed by atoms with Crippen molar-refractivity contribution in [3.8, 4) is 22.6 Å². The smallest absolute Gasteiger partial charge is 0.484 e. The Hall–Kier alpha value is -4.30. The van der Waals surface area contributed by atoms with E-state index < -0.39 is 24.6 Å². The molecule has 2 heterocycles. The number of halogens is 3. The molecule has 0 radical (unpaired) electrons. The van der Waals surface area contributed by atoms with Crippen molar-refractivity contribution < 1.29 is 36.7 Å². The van der Waals surface area contributed by atoms with Crippen molar-refractivity contribution in [1.29, 1.82) is 0 Å². The van der Waals surface area contributed by atoms with Crippen molar-refractivity contribution in [1.82, 2.24) is 20.7 Å². The van der Waals surface area contributed by atoms with Gasteiger partial charge in [-0.2, -0.15) is 5.10 Å². The molecule has 0 aliphatic heterocycles. The Kier molecular flexibility index (Phi) is 9.81. The molecule has 2 aromatic carbocycles. The highest BCUT2D eigenvalue weighted by molar-refractivity contribution is 5.95. The summed E-state index contributed by atoms with van der Waals surface area (Å²) in [5.41, 5.74) is 9.16. The number of hydrogen-bond donors (Lipinski definition) is 4. The number of alkyl halides is 3. The predicted molar refractivity (Wildman–Crippen MR) is 140 cm³/mol. The van der Waals surface area contributed by atoms with E-state index in [0.29, 0.717) is 31.9 Å². The molecule has 2 aromatic heterocycles. The number of carbonyl (C=O) groups is 1. The molecule has 11 nitrogen and oxygen atoms in total. The molecule has 4 aromatic rings. The minimum Gasteiger partial charge on any atom is -0.484 e. The number of amides is 1. The van der Waals surface area contributed by atoms with Crippen LogP contribution in [0.2, 0.25) is 0 Å². The monoisotopic (exact) mass is 562 g/mol. The Morgan fingerprint density at radius 2 is 1.88 bits per heavy atom. The van der Waals surface area contributed by atoms with Crippen LogP contribution in [0.25, 0.3) is 22.0 Å². The summed E-state index contributed by atoms with van der Waals surface area (Å²) in [7, 11) is 0. The highest BCUT2D eigenvalue weighted by Crippen LogP contribution is 2.30. The van der Waals surface area contributed by atoms with Gasteiger partial charge in [-0.05, 0) is 54.8 Å². The zero-order valence-corrected chi connectivity index (χ0v) is 21.4. The molecule has 4 rings (SSSR count). The van der Waals surface area contributed by atoms with E-state index in [2.05, 4.69) is 30.7 Å². The van der Waals surface area contributed by atoms with Crippen LogP contribution < -0.4 is 25.8 Å². The van der Waals surface area contributed by atoms with Gasteiger partial charge in [0.05, 0.1) is 24.5 Å². The summed E-state index contributed by atoms with van der Waals surface area (Å²) in [5.74, 6) is -1.13. The SMILES string of the molecule is NC(=O)COc1cc(CNCCCCOCCNc2cc(-c3cnoc3)cc3[nH]ncc23)cc(OC(F)(F)F)c1. The molecule has 5 N–H and O–H groups in total. The number of ether oxygens (including phenoxy) is 3. The molecular weight excluding hydrogens is 533 g/mol. The molecule has 0 saturated heterocycles. The van der Waals surface area contributed by atoms with Gasteiger partial charge in [-0.3, -0.25) is 9.89 Å². The third-order valence-electron chi connectivity index (χ3n) is 5.66. The number of carbonyl (C=O) groups excluding carboxylic acids is 1. The van der Waals surface area contributed by atoms with Crippen molar-refractivity contribution in [3.05, 3.63) is 54.6 Å². The standard InChI is InChI=1S/C26H29F3N6O5/c27-26(28,29)40-21-8-17(7-20(11-21)38-16-25(30)36)12-31-3-1-2-5-37-6-4-32-23-9-18(19-13-34-39-15-19)10-24-22(23)14-33-35-24/h7-11,13-15,31-32H,1-6,12,16H2,(H2,30,36)(H,33,35). The molecule has 14 heteroatoms. The average Bonchev–Trinajstić information content (AvgIpc) is 3.60. The van der Waals surface area contributed by atoms with E-state index in [0.717, 1.165) is 46.6 Å². The van der Waals surface area contributed by atoms with Crippen molar-refractivity contribution in [2.45, 2.75) is 25.7 Å². The number of anilines is 1. The van der Waals surface area contributed by atoms with E-state index in [4.69, 9.17) is 19.7 Å². The third kappa shape index (κ3) is 8.88. The van der Waals surface area contributed by atoms with E-state index in [9.17, 15) is 18.0 Å². The summed E-state index contributed by atoms with van der Waals surface area (Å²) in [6, 6.07) is 7.82. The average molecular weight is 563 g/mol. The second-order valence-corrected chi connectivity index (χ2v) is 8.81. The fraction of sp³-hybridized carbons (Fsp3) is 0.346. The Balaban J connectivity index is 1.14. The maximum Gasteiger partial charge on any atom is 0.573 e. The minimum absolute atomic E-state index is 0.0538. The maximum absolute atomic E-state index is 12.6. The Morgan fingerprint density at radius 3 is 2.65 bits per heavy atom. The lowest BCUT2D eigenvalue weighted by Gasteiger charge is -2.13. The van der Waals surface area contributed by atoms with Gasteiger partial charge in [-0.15, -0.1) is 13.2 Å². The molecule has 40 heavy (non-hydrogen) atoms. The Bertz CT molecular complexity index is 1380. The van der Waals surface area contributed by atoms with Gasteiger partial charge >= 0.3 is 6.36 Å². The highest BCUT2D eigenvalue weighted by atomic mass is 19.4. The zero-order chi connectivity index (χ0) is 28.4. The summed E-state index contributed by atoms with van der Waals surface area (Å²) in [6.45, 7) is 2.11. The largest absolute Gasteiger partial charge is 0.573 e. The number of nitrogens with zero attached hydrogens (tertiary/aromatic N) is 2. The van der Waals surface area contributed by atoms with Crippen LogP contribution >= 0.6 is 0 Å². The molecule has 0 aliphatic rings.